The monoisotopic (exact) mass is 408 g/mol. The molecule has 4 aromatic rings. The summed E-state index contributed by atoms with van der Waals surface area (Å²) in [6, 6.07) is 13.6. The predicted molar refractivity (Wildman–Crippen MR) is 111 cm³/mol. The lowest BCUT2D eigenvalue weighted by molar-refractivity contribution is 0.0491. The highest BCUT2D eigenvalue weighted by Crippen LogP contribution is 2.33. The smallest absolute Gasteiger partial charge is 0.374 e. The number of aromatic nitrogens is 2. The number of hydrogen-bond acceptors (Lipinski definition) is 7. The van der Waals surface area contributed by atoms with Gasteiger partial charge in [0.05, 0.1) is 6.61 Å². The zero-order valence-corrected chi connectivity index (χ0v) is 17.2. The van der Waals surface area contributed by atoms with Gasteiger partial charge in [0.2, 0.25) is 11.7 Å². The second-order valence-electron chi connectivity index (χ2n) is 6.59. The van der Waals surface area contributed by atoms with E-state index in [4.69, 9.17) is 13.6 Å². The molecule has 4 rings (SSSR count). The van der Waals surface area contributed by atoms with Crippen molar-refractivity contribution in [2.75, 3.05) is 6.61 Å². The molecule has 0 unspecified atom stereocenters. The van der Waals surface area contributed by atoms with E-state index in [0.717, 1.165) is 16.5 Å². The first-order chi connectivity index (χ1) is 14.1. The van der Waals surface area contributed by atoms with Crippen molar-refractivity contribution in [2.45, 2.75) is 31.7 Å². The molecular formula is C22H20N2O4S. The third kappa shape index (κ3) is 3.91. The van der Waals surface area contributed by atoms with E-state index in [2.05, 4.69) is 17.1 Å². The minimum atomic E-state index is -0.472. The van der Waals surface area contributed by atoms with Gasteiger partial charge in [-0.2, -0.15) is 0 Å². The lowest BCUT2D eigenvalue weighted by Gasteiger charge is -2.02. The largest absolute Gasteiger partial charge is 0.460 e. The van der Waals surface area contributed by atoms with Crippen molar-refractivity contribution in [1.82, 2.24) is 10.2 Å². The average molecular weight is 408 g/mol. The second-order valence-corrected chi connectivity index (χ2v) is 7.51. The number of carbonyl (C=O) groups excluding carboxylic acids is 1. The summed E-state index contributed by atoms with van der Waals surface area (Å²) >= 11 is 1.36. The summed E-state index contributed by atoms with van der Waals surface area (Å²) in [6.07, 6.45) is 0. The fourth-order valence-corrected chi connectivity index (χ4v) is 3.79. The van der Waals surface area contributed by atoms with Gasteiger partial charge in [-0.05, 0) is 50.1 Å². The van der Waals surface area contributed by atoms with Gasteiger partial charge in [0.25, 0.3) is 5.22 Å². The minimum Gasteiger partial charge on any atom is -0.460 e. The Labute approximate surface area is 172 Å². The molecule has 0 aliphatic heterocycles. The molecule has 2 heterocycles. The van der Waals surface area contributed by atoms with Crippen molar-refractivity contribution in [1.29, 1.82) is 0 Å². The highest BCUT2D eigenvalue weighted by atomic mass is 32.2. The van der Waals surface area contributed by atoms with Crippen LogP contribution in [0.25, 0.3) is 22.4 Å². The van der Waals surface area contributed by atoms with Crippen LogP contribution in [-0.4, -0.2) is 22.8 Å². The van der Waals surface area contributed by atoms with Gasteiger partial charge in [0.15, 0.2) is 0 Å². The molecule has 0 spiro atoms. The average Bonchev–Trinajstić information content (AvgIpc) is 3.33. The van der Waals surface area contributed by atoms with Crippen LogP contribution in [0.3, 0.4) is 0 Å². The second kappa shape index (κ2) is 8.13. The topological polar surface area (TPSA) is 78.4 Å². The van der Waals surface area contributed by atoms with Crippen LogP contribution in [0.2, 0.25) is 0 Å². The number of furan rings is 1. The van der Waals surface area contributed by atoms with Gasteiger partial charge in [-0.25, -0.2) is 4.79 Å². The highest BCUT2D eigenvalue weighted by molar-refractivity contribution is 7.98. The number of hydrogen-bond donors (Lipinski definition) is 0. The van der Waals surface area contributed by atoms with Crippen LogP contribution in [0.4, 0.5) is 0 Å². The van der Waals surface area contributed by atoms with Gasteiger partial charge < -0.3 is 13.6 Å². The third-order valence-electron chi connectivity index (χ3n) is 4.66. The van der Waals surface area contributed by atoms with E-state index in [1.807, 2.05) is 49.4 Å². The molecule has 6 nitrogen and oxygen atoms in total. The maximum Gasteiger partial charge on any atom is 0.374 e. The molecule has 0 saturated carbocycles. The van der Waals surface area contributed by atoms with Crippen molar-refractivity contribution in [3.05, 3.63) is 64.9 Å². The Kier molecular flexibility index (Phi) is 5.40. The van der Waals surface area contributed by atoms with Gasteiger partial charge in [-0.15, -0.1) is 10.2 Å². The number of para-hydroxylation sites is 1. The number of nitrogens with zero attached hydrogens (tertiary/aromatic N) is 2. The molecule has 0 radical (unpaired) electrons. The quantitative estimate of drug-likeness (QED) is 0.305. The van der Waals surface area contributed by atoms with Crippen LogP contribution in [0, 0.1) is 13.8 Å². The molecule has 0 atom stereocenters. The highest BCUT2D eigenvalue weighted by Gasteiger charge is 2.22. The third-order valence-corrected chi connectivity index (χ3v) is 5.50. The number of fused-ring (bicyclic) bond motifs is 1. The van der Waals surface area contributed by atoms with Crippen LogP contribution in [0.5, 0.6) is 0 Å². The molecular weight excluding hydrogens is 388 g/mol. The number of rotatable bonds is 6. The number of benzene rings is 2. The molecule has 0 aliphatic carbocycles. The van der Waals surface area contributed by atoms with E-state index in [1.165, 1.54) is 22.9 Å². The summed E-state index contributed by atoms with van der Waals surface area (Å²) in [6.45, 7) is 6.16. The van der Waals surface area contributed by atoms with E-state index in [-0.39, 0.29) is 12.4 Å². The summed E-state index contributed by atoms with van der Waals surface area (Å²) in [4.78, 5) is 12.3. The Morgan fingerprint density at radius 2 is 1.90 bits per heavy atom. The first kappa shape index (κ1) is 19.3. The Morgan fingerprint density at radius 3 is 2.69 bits per heavy atom. The Hall–Kier alpha value is -3.06. The zero-order valence-electron chi connectivity index (χ0n) is 16.4. The SMILES string of the molecule is CCOC(=O)c1oc2ccccc2c1CSc1nnc(-c2ccc(C)c(C)c2)o1. The lowest BCUT2D eigenvalue weighted by atomic mass is 10.1. The van der Waals surface area contributed by atoms with Gasteiger partial charge in [-0.3, -0.25) is 0 Å². The normalized spacial score (nSPS) is 11.1. The molecule has 29 heavy (non-hydrogen) atoms. The number of ether oxygens (including phenoxy) is 1. The summed E-state index contributed by atoms with van der Waals surface area (Å²) in [5.41, 5.74) is 4.66. The maximum absolute atomic E-state index is 12.3. The first-order valence-corrected chi connectivity index (χ1v) is 10.3. The van der Waals surface area contributed by atoms with Gasteiger partial charge in [0, 0.05) is 22.3 Å². The number of aryl methyl sites for hydroxylation is 2. The molecule has 2 aromatic heterocycles. The molecule has 0 fully saturated rings. The van der Waals surface area contributed by atoms with Gasteiger partial charge in [-0.1, -0.05) is 36.0 Å². The van der Waals surface area contributed by atoms with Crippen molar-refractivity contribution >= 4 is 28.7 Å². The van der Waals surface area contributed by atoms with Gasteiger partial charge >= 0.3 is 5.97 Å². The van der Waals surface area contributed by atoms with Crippen molar-refractivity contribution in [3.63, 3.8) is 0 Å². The van der Waals surface area contributed by atoms with Crippen LogP contribution in [0.1, 0.15) is 34.2 Å². The standard InChI is InChI=1S/C22H20N2O4S/c1-4-26-21(25)19-17(16-7-5-6-8-18(16)27-19)12-29-22-24-23-20(28-22)15-10-9-13(2)14(3)11-15/h5-11H,4,12H2,1-3H3. The Bertz CT molecular complexity index is 1180. The van der Waals surface area contributed by atoms with Crippen LogP contribution in [-0.2, 0) is 10.5 Å². The fourth-order valence-electron chi connectivity index (χ4n) is 3.00. The molecule has 0 bridgehead atoms. The summed E-state index contributed by atoms with van der Waals surface area (Å²) in [5.74, 6) is 0.660. The lowest BCUT2D eigenvalue weighted by Crippen LogP contribution is -2.05. The van der Waals surface area contributed by atoms with Crippen molar-refractivity contribution in [2.24, 2.45) is 0 Å². The molecule has 0 amide bonds. The summed E-state index contributed by atoms with van der Waals surface area (Å²) in [7, 11) is 0. The Balaban J connectivity index is 1.58. The zero-order chi connectivity index (χ0) is 20.4. The molecule has 148 valence electrons. The van der Waals surface area contributed by atoms with Crippen LogP contribution in [0.15, 0.2) is 56.5 Å². The van der Waals surface area contributed by atoms with E-state index >= 15 is 0 Å². The van der Waals surface area contributed by atoms with Crippen molar-refractivity contribution < 1.29 is 18.4 Å². The molecule has 7 heteroatoms. The minimum absolute atomic E-state index is 0.217. The molecule has 0 saturated heterocycles. The summed E-state index contributed by atoms with van der Waals surface area (Å²) < 4.78 is 16.7. The number of esters is 1. The van der Waals surface area contributed by atoms with E-state index in [0.29, 0.717) is 22.4 Å². The van der Waals surface area contributed by atoms with Crippen LogP contribution < -0.4 is 0 Å². The Morgan fingerprint density at radius 1 is 1.07 bits per heavy atom. The van der Waals surface area contributed by atoms with E-state index < -0.39 is 5.97 Å². The fraction of sp³-hybridized carbons (Fsp3) is 0.227. The van der Waals surface area contributed by atoms with E-state index in [1.54, 1.807) is 6.92 Å². The van der Waals surface area contributed by atoms with Crippen molar-refractivity contribution in [3.8, 4) is 11.5 Å². The first-order valence-electron chi connectivity index (χ1n) is 9.28. The summed E-state index contributed by atoms with van der Waals surface area (Å²) in [5, 5.41) is 9.59. The number of thioether (sulfide) groups is 1. The predicted octanol–water partition coefficient (Wildman–Crippen LogP) is 5.57. The number of carbonyl (C=O) groups is 1. The molecule has 2 aromatic carbocycles. The van der Waals surface area contributed by atoms with E-state index in [9.17, 15) is 4.79 Å². The molecule has 0 N–H and O–H groups in total. The maximum atomic E-state index is 12.3. The van der Waals surface area contributed by atoms with Crippen LogP contribution >= 0.6 is 11.8 Å². The van der Waals surface area contributed by atoms with Gasteiger partial charge in [0.1, 0.15) is 5.58 Å². The molecule has 0 aliphatic rings.